The van der Waals surface area contributed by atoms with E-state index in [1.165, 1.54) is 50.5 Å². The summed E-state index contributed by atoms with van der Waals surface area (Å²) in [5.74, 6) is 0. The number of aryl methyl sites for hydroxylation is 2. The van der Waals surface area contributed by atoms with Crippen molar-refractivity contribution in [1.82, 2.24) is 9.78 Å². The molecule has 0 saturated carbocycles. The lowest BCUT2D eigenvalue weighted by Crippen LogP contribution is -1.86. The molecule has 0 unspecified atom stereocenters. The molecule has 0 N–H and O–H groups in total. The van der Waals surface area contributed by atoms with E-state index in [-0.39, 0.29) is 0 Å². The molecule has 0 radical (unpaired) electrons. The van der Waals surface area contributed by atoms with E-state index in [9.17, 15) is 0 Å². The van der Waals surface area contributed by atoms with E-state index < -0.39 is 0 Å². The smallest absolute Gasteiger partial charge is 0.0521 e. The molecule has 14 heavy (non-hydrogen) atoms. The Morgan fingerprint density at radius 1 is 1.14 bits per heavy atom. The van der Waals surface area contributed by atoms with Crippen molar-refractivity contribution in [2.45, 2.75) is 51.9 Å². The van der Waals surface area contributed by atoms with Gasteiger partial charge in [-0.25, -0.2) is 0 Å². The molecule has 0 saturated heterocycles. The van der Waals surface area contributed by atoms with Crippen LogP contribution in [0.1, 0.15) is 51.0 Å². The Morgan fingerprint density at radius 2 is 1.86 bits per heavy atom. The van der Waals surface area contributed by atoms with Gasteiger partial charge in [-0.15, -0.1) is 0 Å². The van der Waals surface area contributed by atoms with E-state index in [0.29, 0.717) is 0 Å². The monoisotopic (exact) mass is 194 g/mol. The van der Waals surface area contributed by atoms with Gasteiger partial charge in [-0.2, -0.15) is 5.10 Å². The third-order valence-electron chi connectivity index (χ3n) is 2.58. The lowest BCUT2D eigenvalue weighted by atomic mass is 10.1. The molecule has 0 spiro atoms. The van der Waals surface area contributed by atoms with Gasteiger partial charge in [0.2, 0.25) is 0 Å². The summed E-state index contributed by atoms with van der Waals surface area (Å²) in [5, 5.41) is 4.16. The van der Waals surface area contributed by atoms with E-state index in [2.05, 4.69) is 18.2 Å². The molecule has 0 aromatic carbocycles. The van der Waals surface area contributed by atoms with Crippen LogP contribution in [0.3, 0.4) is 0 Å². The lowest BCUT2D eigenvalue weighted by Gasteiger charge is -1.98. The number of aromatic nitrogens is 2. The first-order chi connectivity index (χ1) is 6.83. The Labute approximate surface area is 87.3 Å². The molecule has 0 aliphatic carbocycles. The van der Waals surface area contributed by atoms with Crippen LogP contribution in [0.5, 0.6) is 0 Å². The molecule has 0 fully saturated rings. The highest BCUT2D eigenvalue weighted by Crippen LogP contribution is 2.08. The Morgan fingerprint density at radius 3 is 2.50 bits per heavy atom. The van der Waals surface area contributed by atoms with Crippen molar-refractivity contribution in [3.8, 4) is 0 Å². The second-order valence-corrected chi connectivity index (χ2v) is 4.04. The standard InChI is InChI=1S/C12H22N2/c1-3-4-5-6-7-8-9-12-10-13-14(2)11-12/h10-11H,3-9H2,1-2H3. The highest BCUT2D eigenvalue weighted by atomic mass is 15.2. The van der Waals surface area contributed by atoms with Gasteiger partial charge in [0, 0.05) is 13.2 Å². The van der Waals surface area contributed by atoms with Crippen molar-refractivity contribution >= 4 is 0 Å². The van der Waals surface area contributed by atoms with E-state index in [1.54, 1.807) is 0 Å². The zero-order chi connectivity index (χ0) is 10.2. The molecule has 0 bridgehead atoms. The molecule has 1 rings (SSSR count). The number of nitrogens with zero attached hydrogens (tertiary/aromatic N) is 2. The maximum atomic E-state index is 4.16. The molecule has 2 heteroatoms. The average molecular weight is 194 g/mol. The van der Waals surface area contributed by atoms with Crippen molar-refractivity contribution in [3.05, 3.63) is 18.0 Å². The molecular weight excluding hydrogens is 172 g/mol. The molecular formula is C12H22N2. The number of hydrogen-bond acceptors (Lipinski definition) is 1. The summed E-state index contributed by atoms with van der Waals surface area (Å²) in [6, 6.07) is 0. The summed E-state index contributed by atoms with van der Waals surface area (Å²) in [6.07, 6.45) is 13.5. The summed E-state index contributed by atoms with van der Waals surface area (Å²) in [6.45, 7) is 2.26. The van der Waals surface area contributed by atoms with Crippen LogP contribution in [0.15, 0.2) is 12.4 Å². The second-order valence-electron chi connectivity index (χ2n) is 4.04. The van der Waals surface area contributed by atoms with Gasteiger partial charge in [0.25, 0.3) is 0 Å². The number of rotatable bonds is 7. The zero-order valence-electron chi connectivity index (χ0n) is 9.50. The molecule has 0 amide bonds. The zero-order valence-corrected chi connectivity index (χ0v) is 9.50. The lowest BCUT2D eigenvalue weighted by molar-refractivity contribution is 0.607. The van der Waals surface area contributed by atoms with Crippen LogP contribution in [0.4, 0.5) is 0 Å². The first-order valence-corrected chi connectivity index (χ1v) is 5.80. The Bertz CT molecular complexity index is 240. The van der Waals surface area contributed by atoms with Gasteiger partial charge >= 0.3 is 0 Å². The Hall–Kier alpha value is -0.790. The normalized spacial score (nSPS) is 10.7. The molecule has 2 nitrogen and oxygen atoms in total. The van der Waals surface area contributed by atoms with Gasteiger partial charge in [0.1, 0.15) is 0 Å². The minimum absolute atomic E-state index is 1.19. The molecule has 0 aliphatic heterocycles. The molecule has 1 aromatic rings. The van der Waals surface area contributed by atoms with Gasteiger partial charge in [-0.1, -0.05) is 39.0 Å². The summed E-state index contributed by atoms with van der Waals surface area (Å²) in [4.78, 5) is 0. The van der Waals surface area contributed by atoms with Crippen molar-refractivity contribution in [1.29, 1.82) is 0 Å². The quantitative estimate of drug-likeness (QED) is 0.609. The fourth-order valence-electron chi connectivity index (χ4n) is 1.71. The molecule has 80 valence electrons. The first kappa shape index (κ1) is 11.3. The Kier molecular flexibility index (Phi) is 5.35. The predicted molar refractivity (Wildman–Crippen MR) is 60.3 cm³/mol. The van der Waals surface area contributed by atoms with Crippen LogP contribution in [0.2, 0.25) is 0 Å². The molecule has 1 aromatic heterocycles. The third kappa shape index (κ3) is 4.45. The topological polar surface area (TPSA) is 17.8 Å². The van der Waals surface area contributed by atoms with Gasteiger partial charge in [0.05, 0.1) is 6.20 Å². The van der Waals surface area contributed by atoms with Crippen molar-refractivity contribution in [3.63, 3.8) is 0 Å². The second kappa shape index (κ2) is 6.63. The summed E-state index contributed by atoms with van der Waals surface area (Å²) >= 11 is 0. The largest absolute Gasteiger partial charge is 0.276 e. The minimum Gasteiger partial charge on any atom is -0.276 e. The molecule has 0 aliphatic rings. The van der Waals surface area contributed by atoms with Crippen LogP contribution < -0.4 is 0 Å². The highest BCUT2D eigenvalue weighted by Gasteiger charge is 1.95. The fraction of sp³-hybridized carbons (Fsp3) is 0.750. The van der Waals surface area contributed by atoms with Crippen LogP contribution in [-0.2, 0) is 13.5 Å². The number of unbranched alkanes of at least 4 members (excludes halogenated alkanes) is 5. The maximum Gasteiger partial charge on any atom is 0.0521 e. The predicted octanol–water partition coefficient (Wildman–Crippen LogP) is 3.32. The van der Waals surface area contributed by atoms with Gasteiger partial charge in [-0.3, -0.25) is 4.68 Å². The average Bonchev–Trinajstić information content (AvgIpc) is 2.58. The fourth-order valence-corrected chi connectivity index (χ4v) is 1.71. The molecule has 1 heterocycles. The van der Waals surface area contributed by atoms with Crippen LogP contribution in [0, 0.1) is 0 Å². The number of hydrogen-bond donors (Lipinski definition) is 0. The summed E-state index contributed by atoms with van der Waals surface area (Å²) in [5.41, 5.74) is 1.38. The third-order valence-corrected chi connectivity index (χ3v) is 2.58. The Balaban J connectivity index is 1.99. The highest BCUT2D eigenvalue weighted by molar-refractivity contribution is 5.03. The van der Waals surface area contributed by atoms with Crippen molar-refractivity contribution in [2.75, 3.05) is 0 Å². The van der Waals surface area contributed by atoms with E-state index in [0.717, 1.165) is 0 Å². The van der Waals surface area contributed by atoms with E-state index in [1.807, 2.05) is 17.9 Å². The van der Waals surface area contributed by atoms with E-state index in [4.69, 9.17) is 0 Å². The minimum atomic E-state index is 1.19. The first-order valence-electron chi connectivity index (χ1n) is 5.80. The summed E-state index contributed by atoms with van der Waals surface area (Å²) in [7, 11) is 1.98. The van der Waals surface area contributed by atoms with Crippen molar-refractivity contribution < 1.29 is 0 Å². The van der Waals surface area contributed by atoms with Gasteiger partial charge in [0.15, 0.2) is 0 Å². The van der Waals surface area contributed by atoms with Crippen LogP contribution >= 0.6 is 0 Å². The SMILES string of the molecule is CCCCCCCCc1cnn(C)c1. The summed E-state index contributed by atoms with van der Waals surface area (Å²) < 4.78 is 1.88. The van der Waals surface area contributed by atoms with Crippen molar-refractivity contribution in [2.24, 2.45) is 7.05 Å². The van der Waals surface area contributed by atoms with Gasteiger partial charge in [-0.05, 0) is 18.4 Å². The van der Waals surface area contributed by atoms with Crippen LogP contribution in [0.25, 0.3) is 0 Å². The maximum absolute atomic E-state index is 4.16. The molecule has 0 atom stereocenters. The van der Waals surface area contributed by atoms with E-state index >= 15 is 0 Å². The van der Waals surface area contributed by atoms with Crippen LogP contribution in [-0.4, -0.2) is 9.78 Å². The van der Waals surface area contributed by atoms with Gasteiger partial charge < -0.3 is 0 Å².